The summed E-state index contributed by atoms with van der Waals surface area (Å²) in [4.78, 5) is 12.5. The highest BCUT2D eigenvalue weighted by atomic mass is 35.5. The van der Waals surface area contributed by atoms with Crippen LogP contribution in [-0.4, -0.2) is 5.78 Å². The van der Waals surface area contributed by atoms with Gasteiger partial charge in [-0.3, -0.25) is 4.79 Å². The molecule has 0 radical (unpaired) electrons. The van der Waals surface area contributed by atoms with Crippen molar-refractivity contribution >= 4 is 39.7 Å². The first-order valence-electron chi connectivity index (χ1n) is 5.12. The molecule has 0 saturated carbocycles. The molecule has 3 rings (SSSR count). The van der Waals surface area contributed by atoms with Gasteiger partial charge < -0.3 is 4.42 Å². The molecule has 0 bridgehead atoms. The minimum Gasteiger partial charge on any atom is -0.453 e. The number of hydrogen-bond donors (Lipinski definition) is 0. The summed E-state index contributed by atoms with van der Waals surface area (Å²) in [7, 11) is 0. The number of rotatable bonds is 2. The molecule has 0 aliphatic carbocycles. The largest absolute Gasteiger partial charge is 0.453 e. The molecular weight excluding hydrogens is 275 g/mol. The van der Waals surface area contributed by atoms with Crippen molar-refractivity contribution in [3.05, 3.63) is 57.2 Å². The van der Waals surface area contributed by atoms with Crippen molar-refractivity contribution in [3.63, 3.8) is 0 Å². The maximum atomic E-state index is 13.0. The van der Waals surface area contributed by atoms with Crippen molar-refractivity contribution in [1.82, 2.24) is 0 Å². The molecule has 2 aromatic heterocycles. The molecule has 0 amide bonds. The fourth-order valence-corrected chi connectivity index (χ4v) is 2.78. The molecule has 0 fully saturated rings. The van der Waals surface area contributed by atoms with Crippen molar-refractivity contribution in [2.24, 2.45) is 0 Å². The average molecular weight is 281 g/mol. The summed E-state index contributed by atoms with van der Waals surface area (Å²) in [5, 5.41) is 2.69. The van der Waals surface area contributed by atoms with Crippen LogP contribution in [0.25, 0.3) is 11.0 Å². The number of hydrogen-bond acceptors (Lipinski definition) is 3. The van der Waals surface area contributed by atoms with Gasteiger partial charge in [0.05, 0.1) is 9.90 Å². The average Bonchev–Trinajstić information content (AvgIpc) is 2.93. The number of benzene rings is 1. The Morgan fingerprint density at radius 2 is 2.11 bits per heavy atom. The number of carbonyl (C=O) groups excluding carboxylic acids is 1. The monoisotopic (exact) mass is 280 g/mol. The Morgan fingerprint density at radius 3 is 2.83 bits per heavy atom. The zero-order chi connectivity index (χ0) is 12.7. The van der Waals surface area contributed by atoms with Crippen LogP contribution in [0.4, 0.5) is 4.39 Å². The predicted molar refractivity (Wildman–Crippen MR) is 68.9 cm³/mol. The number of thiophene rings is 1. The maximum Gasteiger partial charge on any atom is 0.239 e. The van der Waals surface area contributed by atoms with Crippen molar-refractivity contribution in [2.45, 2.75) is 0 Å². The fraction of sp³-hybridized carbons (Fsp3) is 0. The predicted octanol–water partition coefficient (Wildman–Crippen LogP) is 4.52. The van der Waals surface area contributed by atoms with E-state index in [1.807, 2.05) is 0 Å². The highest BCUT2D eigenvalue weighted by molar-refractivity contribution is 7.13. The lowest BCUT2D eigenvalue weighted by atomic mass is 10.2. The molecule has 3 aromatic rings. The second-order valence-corrected chi connectivity index (χ2v) is 5.04. The molecule has 0 spiro atoms. The normalized spacial score (nSPS) is 11.0. The molecule has 0 aliphatic rings. The first kappa shape index (κ1) is 11.4. The Bertz CT molecular complexity index is 744. The molecule has 0 atom stereocenters. The van der Waals surface area contributed by atoms with Crippen LogP contribution in [0.5, 0.6) is 0 Å². The van der Waals surface area contributed by atoms with E-state index in [1.165, 1.54) is 35.6 Å². The van der Waals surface area contributed by atoms with E-state index >= 15 is 0 Å². The van der Waals surface area contributed by atoms with Gasteiger partial charge in [0.2, 0.25) is 5.78 Å². The van der Waals surface area contributed by atoms with E-state index in [1.54, 1.807) is 11.4 Å². The molecule has 0 aliphatic heterocycles. The van der Waals surface area contributed by atoms with Crippen molar-refractivity contribution in [2.75, 3.05) is 0 Å². The quantitative estimate of drug-likeness (QED) is 0.646. The Labute approximate surface area is 111 Å². The van der Waals surface area contributed by atoms with Crippen LogP contribution in [0.1, 0.15) is 15.4 Å². The molecule has 0 unspecified atom stereocenters. The smallest absolute Gasteiger partial charge is 0.239 e. The molecule has 1 aromatic carbocycles. The first-order chi connectivity index (χ1) is 8.65. The van der Waals surface area contributed by atoms with E-state index in [-0.39, 0.29) is 17.4 Å². The summed E-state index contributed by atoms with van der Waals surface area (Å²) in [6, 6.07) is 7.29. The lowest BCUT2D eigenvalue weighted by molar-refractivity contribution is 0.101. The zero-order valence-electron chi connectivity index (χ0n) is 8.94. The van der Waals surface area contributed by atoms with Gasteiger partial charge >= 0.3 is 0 Å². The van der Waals surface area contributed by atoms with Gasteiger partial charge in [0, 0.05) is 5.39 Å². The van der Waals surface area contributed by atoms with Crippen LogP contribution in [0.15, 0.2) is 40.1 Å². The topological polar surface area (TPSA) is 30.2 Å². The van der Waals surface area contributed by atoms with Crippen LogP contribution >= 0.6 is 22.9 Å². The van der Waals surface area contributed by atoms with Gasteiger partial charge in [0.25, 0.3) is 0 Å². The molecule has 2 nitrogen and oxygen atoms in total. The standard InChI is InChI=1S/C13H6ClFO2S/c14-9-3-4-18-13(9)12(16)11-6-7-5-8(15)1-2-10(7)17-11/h1-6H. The molecule has 5 heteroatoms. The van der Waals surface area contributed by atoms with Gasteiger partial charge in [-0.15, -0.1) is 11.3 Å². The number of ketones is 1. The number of carbonyl (C=O) groups is 1. The molecule has 0 saturated heterocycles. The number of halogens is 2. The Kier molecular flexibility index (Phi) is 2.69. The summed E-state index contributed by atoms with van der Waals surface area (Å²) >= 11 is 7.15. The summed E-state index contributed by atoms with van der Waals surface area (Å²) in [5.41, 5.74) is 0.479. The first-order valence-corrected chi connectivity index (χ1v) is 6.38. The van der Waals surface area contributed by atoms with Crippen LogP contribution in [-0.2, 0) is 0 Å². The fourth-order valence-electron chi connectivity index (χ4n) is 1.69. The van der Waals surface area contributed by atoms with Crippen molar-refractivity contribution in [1.29, 1.82) is 0 Å². The summed E-state index contributed by atoms with van der Waals surface area (Å²) < 4.78 is 18.4. The van der Waals surface area contributed by atoms with E-state index in [0.29, 0.717) is 20.9 Å². The summed E-state index contributed by atoms with van der Waals surface area (Å²) in [5.74, 6) is -0.483. The van der Waals surface area contributed by atoms with Crippen LogP contribution in [0, 0.1) is 5.82 Å². The minimum atomic E-state index is -0.364. The zero-order valence-corrected chi connectivity index (χ0v) is 10.5. The van der Waals surface area contributed by atoms with Gasteiger partial charge in [-0.05, 0) is 35.7 Å². The highest BCUT2D eigenvalue weighted by Crippen LogP contribution is 2.28. The Hall–Kier alpha value is -1.65. The van der Waals surface area contributed by atoms with E-state index in [2.05, 4.69) is 0 Å². The second kappa shape index (κ2) is 4.23. The SMILES string of the molecule is O=C(c1cc2cc(F)ccc2o1)c1sccc1Cl. The third-order valence-electron chi connectivity index (χ3n) is 2.53. The van der Waals surface area contributed by atoms with Gasteiger partial charge in [-0.25, -0.2) is 4.39 Å². The Balaban J connectivity index is 2.10. The third-order valence-corrected chi connectivity index (χ3v) is 3.87. The summed E-state index contributed by atoms with van der Waals surface area (Å²) in [6.07, 6.45) is 0. The third kappa shape index (κ3) is 1.83. The van der Waals surface area contributed by atoms with Crippen molar-refractivity contribution in [3.8, 4) is 0 Å². The lowest BCUT2D eigenvalue weighted by Gasteiger charge is -1.93. The van der Waals surface area contributed by atoms with Gasteiger partial charge in [-0.1, -0.05) is 11.6 Å². The van der Waals surface area contributed by atoms with Crippen LogP contribution in [0.3, 0.4) is 0 Å². The van der Waals surface area contributed by atoms with Gasteiger partial charge in [0.15, 0.2) is 5.76 Å². The van der Waals surface area contributed by atoms with Gasteiger partial charge in [-0.2, -0.15) is 0 Å². The number of fused-ring (bicyclic) bond motifs is 1. The Morgan fingerprint density at radius 1 is 1.28 bits per heavy atom. The van der Waals surface area contributed by atoms with E-state index in [4.69, 9.17) is 16.0 Å². The van der Waals surface area contributed by atoms with Gasteiger partial charge in [0.1, 0.15) is 11.4 Å². The molecule has 90 valence electrons. The van der Waals surface area contributed by atoms with E-state index in [9.17, 15) is 9.18 Å². The maximum absolute atomic E-state index is 13.0. The second-order valence-electron chi connectivity index (χ2n) is 3.72. The molecule has 0 N–H and O–H groups in total. The minimum absolute atomic E-state index is 0.167. The van der Waals surface area contributed by atoms with E-state index < -0.39 is 0 Å². The summed E-state index contributed by atoms with van der Waals surface area (Å²) in [6.45, 7) is 0. The lowest BCUT2D eigenvalue weighted by Crippen LogP contribution is -1.96. The number of furan rings is 1. The molecular formula is C13H6ClFO2S. The highest BCUT2D eigenvalue weighted by Gasteiger charge is 2.18. The molecule has 18 heavy (non-hydrogen) atoms. The van der Waals surface area contributed by atoms with Crippen LogP contribution in [0.2, 0.25) is 5.02 Å². The van der Waals surface area contributed by atoms with Crippen molar-refractivity contribution < 1.29 is 13.6 Å². The van der Waals surface area contributed by atoms with E-state index in [0.717, 1.165) is 0 Å². The van der Waals surface area contributed by atoms with Crippen LogP contribution < -0.4 is 0 Å². The molecule has 2 heterocycles.